The van der Waals surface area contributed by atoms with Gasteiger partial charge in [-0.3, -0.25) is 4.79 Å². The smallest absolute Gasteiger partial charge is 0.251 e. The van der Waals surface area contributed by atoms with Gasteiger partial charge in [0.05, 0.1) is 16.6 Å². The lowest BCUT2D eigenvalue weighted by Crippen LogP contribution is -2.24. The molecule has 0 spiro atoms. The first kappa shape index (κ1) is 16.3. The SMILES string of the molecule is CCn1nnc2cc(C(=O)NCCCc3nc4ccccc4[nH]3)ccc21. The van der Waals surface area contributed by atoms with E-state index in [-0.39, 0.29) is 5.91 Å². The molecule has 0 saturated carbocycles. The van der Waals surface area contributed by atoms with Crippen molar-refractivity contribution in [2.75, 3.05) is 6.54 Å². The molecule has 132 valence electrons. The van der Waals surface area contributed by atoms with Crippen LogP contribution in [0.4, 0.5) is 0 Å². The summed E-state index contributed by atoms with van der Waals surface area (Å²) in [7, 11) is 0. The number of aryl methyl sites for hydroxylation is 2. The Hall–Kier alpha value is -3.22. The molecule has 0 fully saturated rings. The maximum atomic E-state index is 12.3. The molecule has 2 N–H and O–H groups in total. The molecule has 0 aliphatic heterocycles. The van der Waals surface area contributed by atoms with Crippen LogP contribution in [0.3, 0.4) is 0 Å². The number of carbonyl (C=O) groups is 1. The van der Waals surface area contributed by atoms with Crippen molar-refractivity contribution in [3.63, 3.8) is 0 Å². The highest BCUT2D eigenvalue weighted by atomic mass is 16.1. The summed E-state index contributed by atoms with van der Waals surface area (Å²) in [6, 6.07) is 13.4. The zero-order valence-corrected chi connectivity index (χ0v) is 14.6. The molecule has 2 aromatic carbocycles. The summed E-state index contributed by atoms with van der Waals surface area (Å²) < 4.78 is 1.81. The molecular formula is C19H20N6O. The maximum Gasteiger partial charge on any atom is 0.251 e. The second-order valence-corrected chi connectivity index (χ2v) is 6.17. The summed E-state index contributed by atoms with van der Waals surface area (Å²) >= 11 is 0. The molecular weight excluding hydrogens is 328 g/mol. The average Bonchev–Trinajstić information content (AvgIpc) is 3.27. The molecule has 26 heavy (non-hydrogen) atoms. The molecule has 0 atom stereocenters. The zero-order valence-electron chi connectivity index (χ0n) is 14.6. The molecule has 7 heteroatoms. The van der Waals surface area contributed by atoms with Crippen LogP contribution in [-0.2, 0) is 13.0 Å². The first-order chi connectivity index (χ1) is 12.7. The van der Waals surface area contributed by atoms with Gasteiger partial charge in [-0.1, -0.05) is 17.3 Å². The lowest BCUT2D eigenvalue weighted by atomic mass is 10.2. The second kappa shape index (κ2) is 6.95. The summed E-state index contributed by atoms with van der Waals surface area (Å²) in [5, 5.41) is 11.1. The van der Waals surface area contributed by atoms with Gasteiger partial charge < -0.3 is 10.3 Å². The van der Waals surface area contributed by atoms with Gasteiger partial charge in [-0.25, -0.2) is 9.67 Å². The standard InChI is InChI=1S/C19H20N6O/c1-2-25-17-10-9-13(12-16(17)23-24-25)19(26)20-11-5-8-18-21-14-6-3-4-7-15(14)22-18/h3-4,6-7,9-10,12H,2,5,8,11H2,1H3,(H,20,26)(H,21,22). The predicted octanol–water partition coefficient (Wildman–Crippen LogP) is 2.69. The number of aromatic nitrogens is 5. The Bertz CT molecular complexity index is 1030. The number of fused-ring (bicyclic) bond motifs is 2. The van der Waals surface area contributed by atoms with Gasteiger partial charge in [-0.05, 0) is 43.7 Å². The number of nitrogens with zero attached hydrogens (tertiary/aromatic N) is 4. The van der Waals surface area contributed by atoms with Gasteiger partial charge >= 0.3 is 0 Å². The van der Waals surface area contributed by atoms with Gasteiger partial charge in [0.1, 0.15) is 11.3 Å². The maximum absolute atomic E-state index is 12.3. The third-order valence-corrected chi connectivity index (χ3v) is 4.39. The van der Waals surface area contributed by atoms with Gasteiger partial charge in [0.2, 0.25) is 0 Å². The van der Waals surface area contributed by atoms with E-state index in [9.17, 15) is 4.79 Å². The molecule has 4 rings (SSSR count). The first-order valence-corrected chi connectivity index (χ1v) is 8.79. The van der Waals surface area contributed by atoms with E-state index >= 15 is 0 Å². The zero-order chi connectivity index (χ0) is 17.9. The number of rotatable bonds is 6. The molecule has 0 bridgehead atoms. The second-order valence-electron chi connectivity index (χ2n) is 6.17. The number of hydrogen-bond acceptors (Lipinski definition) is 4. The Morgan fingerprint density at radius 1 is 1.19 bits per heavy atom. The Labute approximate surface area is 150 Å². The Kier molecular flexibility index (Phi) is 4.35. The van der Waals surface area contributed by atoms with Crippen molar-refractivity contribution in [1.82, 2.24) is 30.3 Å². The number of H-pyrrole nitrogens is 1. The molecule has 1 amide bonds. The van der Waals surface area contributed by atoms with E-state index in [1.807, 2.05) is 48.0 Å². The fourth-order valence-corrected chi connectivity index (χ4v) is 3.03. The number of imidazole rings is 1. The van der Waals surface area contributed by atoms with Crippen LogP contribution in [0.5, 0.6) is 0 Å². The molecule has 2 aromatic heterocycles. The van der Waals surface area contributed by atoms with E-state index in [1.165, 1.54) is 0 Å². The molecule has 0 aliphatic carbocycles. The van der Waals surface area contributed by atoms with Crippen LogP contribution in [0.25, 0.3) is 22.1 Å². The summed E-state index contributed by atoms with van der Waals surface area (Å²) in [5.41, 5.74) is 4.29. The van der Waals surface area contributed by atoms with E-state index in [1.54, 1.807) is 6.07 Å². The van der Waals surface area contributed by atoms with Crippen LogP contribution in [-0.4, -0.2) is 37.4 Å². The summed E-state index contributed by atoms with van der Waals surface area (Å²) in [5.74, 6) is 0.848. The van der Waals surface area contributed by atoms with Crippen LogP contribution in [0.15, 0.2) is 42.5 Å². The minimum atomic E-state index is -0.0949. The number of carbonyl (C=O) groups excluding carboxylic acids is 1. The summed E-state index contributed by atoms with van der Waals surface area (Å²) in [4.78, 5) is 20.2. The molecule has 7 nitrogen and oxygen atoms in total. The highest BCUT2D eigenvalue weighted by Gasteiger charge is 2.09. The van der Waals surface area contributed by atoms with Crippen LogP contribution in [0.1, 0.15) is 29.5 Å². The minimum Gasteiger partial charge on any atom is -0.352 e. The molecule has 0 aliphatic rings. The van der Waals surface area contributed by atoms with Crippen molar-refractivity contribution in [2.45, 2.75) is 26.3 Å². The van der Waals surface area contributed by atoms with Crippen molar-refractivity contribution >= 4 is 28.0 Å². The highest BCUT2D eigenvalue weighted by molar-refractivity contribution is 5.97. The van der Waals surface area contributed by atoms with Crippen molar-refractivity contribution < 1.29 is 4.79 Å². The lowest BCUT2D eigenvalue weighted by Gasteiger charge is -2.05. The number of hydrogen-bond donors (Lipinski definition) is 2. The average molecular weight is 348 g/mol. The van der Waals surface area contributed by atoms with Crippen molar-refractivity contribution in [2.24, 2.45) is 0 Å². The monoisotopic (exact) mass is 348 g/mol. The van der Waals surface area contributed by atoms with Crippen LogP contribution in [0, 0.1) is 0 Å². The third kappa shape index (κ3) is 3.15. The van der Waals surface area contributed by atoms with Gasteiger partial charge in [-0.2, -0.15) is 0 Å². The Morgan fingerprint density at radius 3 is 2.92 bits per heavy atom. The molecule has 0 saturated heterocycles. The predicted molar refractivity (Wildman–Crippen MR) is 99.9 cm³/mol. The van der Waals surface area contributed by atoms with Crippen molar-refractivity contribution in [3.8, 4) is 0 Å². The van der Waals surface area contributed by atoms with Gasteiger partial charge in [0, 0.05) is 25.1 Å². The fourth-order valence-electron chi connectivity index (χ4n) is 3.03. The van der Waals surface area contributed by atoms with Gasteiger partial charge in [0.15, 0.2) is 0 Å². The Morgan fingerprint density at radius 2 is 2.08 bits per heavy atom. The number of benzene rings is 2. The summed E-state index contributed by atoms with van der Waals surface area (Å²) in [6.07, 6.45) is 1.61. The van der Waals surface area contributed by atoms with Crippen LogP contribution < -0.4 is 5.32 Å². The van der Waals surface area contributed by atoms with E-state index in [0.717, 1.165) is 47.3 Å². The number of amides is 1. The topological polar surface area (TPSA) is 88.5 Å². The Balaban J connectivity index is 1.33. The van der Waals surface area contributed by atoms with E-state index in [0.29, 0.717) is 12.1 Å². The van der Waals surface area contributed by atoms with Crippen molar-refractivity contribution in [1.29, 1.82) is 0 Å². The number of aromatic amines is 1. The molecule has 0 radical (unpaired) electrons. The number of para-hydroxylation sites is 2. The first-order valence-electron chi connectivity index (χ1n) is 8.79. The third-order valence-electron chi connectivity index (χ3n) is 4.39. The molecule has 4 aromatic rings. The summed E-state index contributed by atoms with van der Waals surface area (Å²) in [6.45, 7) is 3.36. The van der Waals surface area contributed by atoms with Gasteiger partial charge in [0.25, 0.3) is 5.91 Å². The highest BCUT2D eigenvalue weighted by Crippen LogP contribution is 2.14. The van der Waals surface area contributed by atoms with Gasteiger partial charge in [-0.15, -0.1) is 5.10 Å². The van der Waals surface area contributed by atoms with E-state index in [2.05, 4.69) is 25.6 Å². The molecule has 2 heterocycles. The fraction of sp³-hybridized carbons (Fsp3) is 0.263. The quantitative estimate of drug-likeness (QED) is 0.524. The van der Waals surface area contributed by atoms with E-state index < -0.39 is 0 Å². The van der Waals surface area contributed by atoms with E-state index in [4.69, 9.17) is 0 Å². The number of nitrogens with one attached hydrogen (secondary N) is 2. The van der Waals surface area contributed by atoms with Crippen LogP contribution >= 0.6 is 0 Å². The minimum absolute atomic E-state index is 0.0949. The largest absolute Gasteiger partial charge is 0.352 e. The lowest BCUT2D eigenvalue weighted by molar-refractivity contribution is 0.0953. The van der Waals surface area contributed by atoms with Crippen LogP contribution in [0.2, 0.25) is 0 Å². The molecule has 0 unspecified atom stereocenters. The van der Waals surface area contributed by atoms with Crippen molar-refractivity contribution in [3.05, 3.63) is 53.9 Å². The normalized spacial score (nSPS) is 11.3.